The highest BCUT2D eigenvalue weighted by Crippen LogP contribution is 2.21. The minimum atomic E-state index is 0.0619. The second-order valence-corrected chi connectivity index (χ2v) is 4.70. The second kappa shape index (κ2) is 8.70. The molecule has 0 unspecified atom stereocenters. The standard InChI is InChI=1S/C16H24O3/c1-4-5-6-7-10-19-12-15-11-14(13(2)17)8-9-16(15)18-3/h8-9,11H,4-7,10,12H2,1-3H3. The topological polar surface area (TPSA) is 35.5 Å². The molecule has 1 aromatic rings. The van der Waals surface area contributed by atoms with Crippen molar-refractivity contribution < 1.29 is 14.3 Å². The van der Waals surface area contributed by atoms with Crippen molar-refractivity contribution in [3.63, 3.8) is 0 Å². The van der Waals surface area contributed by atoms with Crippen molar-refractivity contribution in [3.8, 4) is 5.75 Å². The summed E-state index contributed by atoms with van der Waals surface area (Å²) in [6, 6.07) is 5.46. The second-order valence-electron chi connectivity index (χ2n) is 4.70. The Morgan fingerprint density at radius 2 is 2.00 bits per heavy atom. The van der Waals surface area contributed by atoms with Crippen molar-refractivity contribution in [2.24, 2.45) is 0 Å². The van der Waals surface area contributed by atoms with E-state index >= 15 is 0 Å². The molecule has 1 aromatic carbocycles. The van der Waals surface area contributed by atoms with E-state index in [2.05, 4.69) is 6.92 Å². The largest absolute Gasteiger partial charge is 0.496 e. The third-order valence-corrected chi connectivity index (χ3v) is 3.09. The minimum absolute atomic E-state index is 0.0619. The van der Waals surface area contributed by atoms with Crippen LogP contribution >= 0.6 is 0 Å². The van der Waals surface area contributed by atoms with E-state index in [1.54, 1.807) is 20.1 Å². The first kappa shape index (κ1) is 15.7. The normalized spacial score (nSPS) is 10.5. The molecule has 0 aliphatic carbocycles. The average Bonchev–Trinajstić information content (AvgIpc) is 2.42. The summed E-state index contributed by atoms with van der Waals surface area (Å²) in [4.78, 5) is 11.4. The van der Waals surface area contributed by atoms with E-state index in [0.717, 1.165) is 24.3 Å². The van der Waals surface area contributed by atoms with E-state index in [1.807, 2.05) is 12.1 Å². The molecule has 0 aromatic heterocycles. The summed E-state index contributed by atoms with van der Waals surface area (Å²) in [5.74, 6) is 0.838. The van der Waals surface area contributed by atoms with Crippen LogP contribution in [0.25, 0.3) is 0 Å². The predicted octanol–water partition coefficient (Wildman–Crippen LogP) is 3.99. The number of methoxy groups -OCH3 is 1. The van der Waals surface area contributed by atoms with Crippen molar-refractivity contribution in [2.45, 2.75) is 46.1 Å². The summed E-state index contributed by atoms with van der Waals surface area (Å²) in [5.41, 5.74) is 1.64. The van der Waals surface area contributed by atoms with Gasteiger partial charge < -0.3 is 9.47 Å². The van der Waals surface area contributed by atoms with Gasteiger partial charge in [0.15, 0.2) is 5.78 Å². The van der Waals surface area contributed by atoms with Gasteiger partial charge in [0.05, 0.1) is 13.7 Å². The number of unbranched alkanes of at least 4 members (excludes halogenated alkanes) is 3. The van der Waals surface area contributed by atoms with Crippen LogP contribution in [0.15, 0.2) is 18.2 Å². The van der Waals surface area contributed by atoms with Crippen LogP contribution in [0, 0.1) is 0 Å². The lowest BCUT2D eigenvalue weighted by molar-refractivity contribution is 0.101. The molecule has 0 bridgehead atoms. The molecule has 3 nitrogen and oxygen atoms in total. The molecule has 0 aliphatic rings. The summed E-state index contributed by atoms with van der Waals surface area (Å²) in [6.07, 6.45) is 4.78. The van der Waals surface area contributed by atoms with Gasteiger partial charge in [-0.05, 0) is 31.5 Å². The number of benzene rings is 1. The van der Waals surface area contributed by atoms with Crippen LogP contribution < -0.4 is 4.74 Å². The number of carbonyl (C=O) groups excluding carboxylic acids is 1. The fourth-order valence-electron chi connectivity index (χ4n) is 1.92. The molecule has 0 fully saturated rings. The third kappa shape index (κ3) is 5.43. The van der Waals surface area contributed by atoms with Gasteiger partial charge in [-0.15, -0.1) is 0 Å². The Labute approximate surface area is 115 Å². The Hall–Kier alpha value is -1.35. The summed E-state index contributed by atoms with van der Waals surface area (Å²) >= 11 is 0. The molecule has 0 amide bonds. The number of Topliss-reactive ketones (excluding diaryl/α,β-unsaturated/α-hetero) is 1. The number of rotatable bonds is 9. The van der Waals surface area contributed by atoms with E-state index in [9.17, 15) is 4.79 Å². The maximum Gasteiger partial charge on any atom is 0.159 e. The molecular weight excluding hydrogens is 240 g/mol. The molecule has 0 atom stereocenters. The van der Waals surface area contributed by atoms with Gasteiger partial charge in [-0.25, -0.2) is 0 Å². The van der Waals surface area contributed by atoms with E-state index in [0.29, 0.717) is 12.2 Å². The van der Waals surface area contributed by atoms with E-state index < -0.39 is 0 Å². The van der Waals surface area contributed by atoms with Gasteiger partial charge in [-0.3, -0.25) is 4.79 Å². The Morgan fingerprint density at radius 3 is 2.63 bits per heavy atom. The van der Waals surface area contributed by atoms with E-state index in [4.69, 9.17) is 9.47 Å². The summed E-state index contributed by atoms with van der Waals surface area (Å²) in [6.45, 7) is 5.01. The minimum Gasteiger partial charge on any atom is -0.496 e. The van der Waals surface area contributed by atoms with Crippen LogP contribution in [0.3, 0.4) is 0 Å². The maximum absolute atomic E-state index is 11.4. The fourth-order valence-corrected chi connectivity index (χ4v) is 1.92. The van der Waals surface area contributed by atoms with Gasteiger partial charge in [0.1, 0.15) is 5.75 Å². The number of ether oxygens (including phenoxy) is 2. The molecule has 1 rings (SSSR count). The monoisotopic (exact) mass is 264 g/mol. The summed E-state index contributed by atoms with van der Waals surface area (Å²) in [7, 11) is 1.63. The van der Waals surface area contributed by atoms with Crippen LogP contribution in [0.4, 0.5) is 0 Å². The van der Waals surface area contributed by atoms with Crippen molar-refractivity contribution in [1.29, 1.82) is 0 Å². The summed E-state index contributed by atoms with van der Waals surface area (Å²) in [5, 5.41) is 0. The molecule has 0 radical (unpaired) electrons. The number of ketones is 1. The molecule has 0 aliphatic heterocycles. The van der Waals surface area contributed by atoms with Crippen molar-refractivity contribution in [1.82, 2.24) is 0 Å². The molecule has 0 N–H and O–H groups in total. The van der Waals surface area contributed by atoms with Crippen molar-refractivity contribution in [3.05, 3.63) is 29.3 Å². The molecule has 0 spiro atoms. The molecule has 0 saturated carbocycles. The lowest BCUT2D eigenvalue weighted by Gasteiger charge is -2.10. The quantitative estimate of drug-likeness (QED) is 0.499. The first-order valence-corrected chi connectivity index (χ1v) is 6.94. The van der Waals surface area contributed by atoms with Crippen LogP contribution in [-0.2, 0) is 11.3 Å². The van der Waals surface area contributed by atoms with Gasteiger partial charge in [-0.2, -0.15) is 0 Å². The highest BCUT2D eigenvalue weighted by molar-refractivity contribution is 5.94. The summed E-state index contributed by atoms with van der Waals surface area (Å²) < 4.78 is 10.9. The Kier molecular flexibility index (Phi) is 7.19. The zero-order valence-electron chi connectivity index (χ0n) is 12.2. The molecule has 3 heteroatoms. The zero-order valence-corrected chi connectivity index (χ0v) is 12.2. The number of hydrogen-bond donors (Lipinski definition) is 0. The Bertz CT molecular complexity index is 399. The van der Waals surface area contributed by atoms with E-state index in [1.165, 1.54) is 19.3 Å². The molecule has 19 heavy (non-hydrogen) atoms. The van der Waals surface area contributed by atoms with Gasteiger partial charge in [-0.1, -0.05) is 26.2 Å². The van der Waals surface area contributed by atoms with Crippen LogP contribution in [0.1, 0.15) is 55.5 Å². The maximum atomic E-state index is 11.4. The van der Waals surface area contributed by atoms with Crippen LogP contribution in [-0.4, -0.2) is 19.5 Å². The average molecular weight is 264 g/mol. The predicted molar refractivity (Wildman–Crippen MR) is 76.8 cm³/mol. The van der Waals surface area contributed by atoms with Gasteiger partial charge in [0, 0.05) is 17.7 Å². The SMILES string of the molecule is CCCCCCOCc1cc(C(C)=O)ccc1OC. The van der Waals surface area contributed by atoms with Crippen LogP contribution in [0.5, 0.6) is 5.75 Å². The van der Waals surface area contributed by atoms with Crippen molar-refractivity contribution in [2.75, 3.05) is 13.7 Å². The lowest BCUT2D eigenvalue weighted by Crippen LogP contribution is -2.01. The van der Waals surface area contributed by atoms with Gasteiger partial charge in [0.25, 0.3) is 0 Å². The zero-order chi connectivity index (χ0) is 14.1. The highest BCUT2D eigenvalue weighted by atomic mass is 16.5. The van der Waals surface area contributed by atoms with Crippen LogP contribution in [0.2, 0.25) is 0 Å². The van der Waals surface area contributed by atoms with Gasteiger partial charge >= 0.3 is 0 Å². The Morgan fingerprint density at radius 1 is 1.21 bits per heavy atom. The molecule has 0 saturated heterocycles. The fraction of sp³-hybridized carbons (Fsp3) is 0.562. The number of carbonyl (C=O) groups is 1. The smallest absolute Gasteiger partial charge is 0.159 e. The van der Waals surface area contributed by atoms with E-state index in [-0.39, 0.29) is 5.78 Å². The van der Waals surface area contributed by atoms with Gasteiger partial charge in [0.2, 0.25) is 0 Å². The number of hydrogen-bond acceptors (Lipinski definition) is 3. The Balaban J connectivity index is 2.50. The molecular formula is C16H24O3. The lowest BCUT2D eigenvalue weighted by atomic mass is 10.1. The first-order valence-electron chi connectivity index (χ1n) is 6.94. The highest BCUT2D eigenvalue weighted by Gasteiger charge is 2.07. The first-order chi connectivity index (χ1) is 9.19. The third-order valence-electron chi connectivity index (χ3n) is 3.09. The molecule has 106 valence electrons. The van der Waals surface area contributed by atoms with Crippen molar-refractivity contribution >= 4 is 5.78 Å². The molecule has 0 heterocycles.